The van der Waals surface area contributed by atoms with Gasteiger partial charge >= 0.3 is 0 Å². The molecule has 3 aromatic rings. The third-order valence-corrected chi connectivity index (χ3v) is 3.78. The van der Waals surface area contributed by atoms with Crippen LogP contribution in [-0.2, 0) is 0 Å². The Bertz CT molecular complexity index is 986. The summed E-state index contributed by atoms with van der Waals surface area (Å²) < 4.78 is 10.8. The Hall–Kier alpha value is -3.71. The Labute approximate surface area is 159 Å². The molecule has 0 saturated carbocycles. The molecule has 0 saturated heterocycles. The van der Waals surface area contributed by atoms with Crippen LogP contribution < -0.4 is 14.8 Å². The summed E-state index contributed by atoms with van der Waals surface area (Å²) in [5, 5.41) is 3.26. The van der Waals surface area contributed by atoms with Crippen LogP contribution in [0.15, 0.2) is 83.9 Å². The number of amidine groups is 1. The molecule has 4 heteroatoms. The molecule has 0 aromatic heterocycles. The van der Waals surface area contributed by atoms with E-state index in [1.54, 1.807) is 14.2 Å². The fourth-order valence-corrected chi connectivity index (χ4v) is 2.46. The number of para-hydroxylation sites is 4. The average Bonchev–Trinajstić information content (AvgIpc) is 2.73. The van der Waals surface area contributed by atoms with E-state index in [0.29, 0.717) is 23.0 Å². The minimum Gasteiger partial charge on any atom is -0.495 e. The number of hydrogen-bond donors (Lipinski definition) is 1. The van der Waals surface area contributed by atoms with Gasteiger partial charge in [-0.2, -0.15) is 0 Å². The van der Waals surface area contributed by atoms with Gasteiger partial charge < -0.3 is 14.8 Å². The molecular formula is C23H20N2O2. The monoisotopic (exact) mass is 356 g/mol. The van der Waals surface area contributed by atoms with Gasteiger partial charge in [0.1, 0.15) is 17.2 Å². The van der Waals surface area contributed by atoms with Crippen LogP contribution in [0.3, 0.4) is 0 Å². The first-order valence-corrected chi connectivity index (χ1v) is 8.49. The normalized spacial score (nSPS) is 10.5. The van der Waals surface area contributed by atoms with Crippen molar-refractivity contribution in [2.45, 2.75) is 0 Å². The van der Waals surface area contributed by atoms with Crippen LogP contribution in [0.4, 0.5) is 11.4 Å². The van der Waals surface area contributed by atoms with Gasteiger partial charge in [0.25, 0.3) is 0 Å². The number of anilines is 1. The van der Waals surface area contributed by atoms with Gasteiger partial charge in [-0.15, -0.1) is 0 Å². The van der Waals surface area contributed by atoms with Gasteiger partial charge in [-0.25, -0.2) is 4.99 Å². The van der Waals surface area contributed by atoms with Crippen LogP contribution in [0.2, 0.25) is 0 Å². The van der Waals surface area contributed by atoms with Gasteiger partial charge in [0.15, 0.2) is 5.84 Å². The first-order chi connectivity index (χ1) is 13.3. The zero-order valence-corrected chi connectivity index (χ0v) is 15.3. The minimum atomic E-state index is 0.493. The molecule has 0 aliphatic heterocycles. The lowest BCUT2D eigenvalue weighted by Gasteiger charge is -2.10. The molecule has 0 radical (unpaired) electrons. The van der Waals surface area contributed by atoms with Crippen LogP contribution in [0.5, 0.6) is 11.5 Å². The maximum atomic E-state index is 5.41. The van der Waals surface area contributed by atoms with E-state index in [2.05, 4.69) is 22.2 Å². The molecule has 0 heterocycles. The van der Waals surface area contributed by atoms with Gasteiger partial charge in [-0.3, -0.25) is 0 Å². The van der Waals surface area contributed by atoms with Gasteiger partial charge in [-0.05, 0) is 42.3 Å². The highest BCUT2D eigenvalue weighted by Crippen LogP contribution is 2.28. The predicted octanol–water partition coefficient (Wildman–Crippen LogP) is 4.90. The molecule has 27 heavy (non-hydrogen) atoms. The lowest BCUT2D eigenvalue weighted by molar-refractivity contribution is 0.416. The highest BCUT2D eigenvalue weighted by atomic mass is 16.5. The van der Waals surface area contributed by atoms with Crippen LogP contribution >= 0.6 is 0 Å². The molecule has 3 aromatic carbocycles. The Morgan fingerprint density at radius 3 is 2.15 bits per heavy atom. The molecule has 0 amide bonds. The SMILES string of the molecule is COc1ccccc1N=C(C#Cc1ccccc1)Nc1ccccc1OC. The largest absolute Gasteiger partial charge is 0.495 e. The molecule has 0 spiro atoms. The summed E-state index contributed by atoms with van der Waals surface area (Å²) >= 11 is 0. The molecule has 0 bridgehead atoms. The van der Waals surface area contributed by atoms with Crippen LogP contribution in [0, 0.1) is 11.8 Å². The molecule has 0 fully saturated rings. The second-order valence-electron chi connectivity index (χ2n) is 5.57. The maximum Gasteiger partial charge on any atom is 0.184 e. The predicted molar refractivity (Wildman–Crippen MR) is 110 cm³/mol. The summed E-state index contributed by atoms with van der Waals surface area (Å²) in [5.74, 6) is 8.14. The van der Waals surface area contributed by atoms with Crippen molar-refractivity contribution in [3.63, 3.8) is 0 Å². The van der Waals surface area contributed by atoms with Crippen molar-refractivity contribution in [3.8, 4) is 23.3 Å². The molecule has 0 aliphatic rings. The Morgan fingerprint density at radius 1 is 0.778 bits per heavy atom. The number of hydrogen-bond acceptors (Lipinski definition) is 3. The average molecular weight is 356 g/mol. The fraction of sp³-hybridized carbons (Fsp3) is 0.0870. The number of rotatable bonds is 4. The van der Waals surface area contributed by atoms with Gasteiger partial charge in [-0.1, -0.05) is 48.4 Å². The van der Waals surface area contributed by atoms with Crippen molar-refractivity contribution >= 4 is 17.2 Å². The summed E-state index contributed by atoms with van der Waals surface area (Å²) in [6.07, 6.45) is 0. The number of aliphatic imine (C=N–C) groups is 1. The van der Waals surface area contributed by atoms with Crippen molar-refractivity contribution < 1.29 is 9.47 Å². The standard InChI is InChI=1S/C23H20N2O2/c1-26-21-14-8-6-12-19(21)24-23(17-16-18-10-4-3-5-11-18)25-20-13-7-9-15-22(20)27-2/h3-15H,1-2H3,(H,24,25). The summed E-state index contributed by atoms with van der Waals surface area (Å²) in [6.45, 7) is 0. The highest BCUT2D eigenvalue weighted by molar-refractivity contribution is 6.10. The number of methoxy groups -OCH3 is 2. The van der Waals surface area contributed by atoms with E-state index < -0.39 is 0 Å². The quantitative estimate of drug-likeness (QED) is 0.411. The molecule has 134 valence electrons. The van der Waals surface area contributed by atoms with Crippen LogP contribution in [0.25, 0.3) is 0 Å². The fourth-order valence-electron chi connectivity index (χ4n) is 2.46. The van der Waals surface area contributed by atoms with E-state index in [-0.39, 0.29) is 0 Å². The lowest BCUT2D eigenvalue weighted by Crippen LogP contribution is -2.10. The molecule has 4 nitrogen and oxygen atoms in total. The van der Waals surface area contributed by atoms with E-state index >= 15 is 0 Å². The summed E-state index contributed by atoms with van der Waals surface area (Å²) in [6, 6.07) is 25.0. The highest BCUT2D eigenvalue weighted by Gasteiger charge is 2.06. The third-order valence-electron chi connectivity index (χ3n) is 3.78. The molecule has 0 unspecified atom stereocenters. The minimum absolute atomic E-state index is 0.493. The number of nitrogens with one attached hydrogen (secondary N) is 1. The number of ether oxygens (including phenoxy) is 2. The zero-order valence-electron chi connectivity index (χ0n) is 15.3. The van der Waals surface area contributed by atoms with E-state index in [9.17, 15) is 0 Å². The molecule has 0 aliphatic carbocycles. The van der Waals surface area contributed by atoms with Gasteiger partial charge in [0, 0.05) is 5.56 Å². The van der Waals surface area contributed by atoms with Crippen molar-refractivity contribution in [2.24, 2.45) is 4.99 Å². The summed E-state index contributed by atoms with van der Waals surface area (Å²) in [5.41, 5.74) is 2.39. The number of benzene rings is 3. The first kappa shape index (κ1) is 18.1. The lowest BCUT2D eigenvalue weighted by atomic mass is 10.2. The van der Waals surface area contributed by atoms with Crippen LogP contribution in [-0.4, -0.2) is 20.1 Å². The van der Waals surface area contributed by atoms with E-state index in [0.717, 1.165) is 11.3 Å². The van der Waals surface area contributed by atoms with E-state index in [4.69, 9.17) is 9.47 Å². The van der Waals surface area contributed by atoms with Crippen molar-refractivity contribution in [3.05, 3.63) is 84.4 Å². The van der Waals surface area contributed by atoms with Crippen molar-refractivity contribution in [1.29, 1.82) is 0 Å². The van der Waals surface area contributed by atoms with E-state index in [1.165, 1.54) is 0 Å². The Balaban J connectivity index is 2.01. The van der Waals surface area contributed by atoms with Crippen molar-refractivity contribution in [1.82, 2.24) is 0 Å². The second-order valence-corrected chi connectivity index (χ2v) is 5.57. The zero-order chi connectivity index (χ0) is 18.9. The van der Waals surface area contributed by atoms with Gasteiger partial charge in [0.2, 0.25) is 0 Å². The molecule has 1 N–H and O–H groups in total. The third kappa shape index (κ3) is 4.90. The second kappa shape index (κ2) is 9.12. The topological polar surface area (TPSA) is 42.8 Å². The van der Waals surface area contributed by atoms with Crippen molar-refractivity contribution in [2.75, 3.05) is 19.5 Å². The summed E-state index contributed by atoms with van der Waals surface area (Å²) in [7, 11) is 3.25. The van der Waals surface area contributed by atoms with Gasteiger partial charge in [0.05, 0.1) is 19.9 Å². The maximum absolute atomic E-state index is 5.41. The Kier molecular flexibility index (Phi) is 6.11. The molecular weight excluding hydrogens is 336 g/mol. The number of nitrogens with zero attached hydrogens (tertiary/aromatic N) is 1. The summed E-state index contributed by atoms with van der Waals surface area (Å²) in [4.78, 5) is 4.67. The van der Waals surface area contributed by atoms with E-state index in [1.807, 2.05) is 78.9 Å². The first-order valence-electron chi connectivity index (χ1n) is 8.49. The molecule has 0 atom stereocenters. The Morgan fingerprint density at radius 2 is 1.41 bits per heavy atom. The smallest absolute Gasteiger partial charge is 0.184 e. The molecule has 3 rings (SSSR count). The van der Waals surface area contributed by atoms with Crippen LogP contribution in [0.1, 0.15) is 5.56 Å².